The molecule has 0 amide bonds. The van der Waals surface area contributed by atoms with Gasteiger partial charge in [-0.1, -0.05) is 6.07 Å². The number of sulfonamides is 1. The van der Waals surface area contributed by atoms with E-state index in [2.05, 4.69) is 4.72 Å². The number of benzene rings is 1. The van der Waals surface area contributed by atoms with Crippen LogP contribution in [0, 0.1) is 13.8 Å². The van der Waals surface area contributed by atoms with Gasteiger partial charge >= 0.3 is 5.97 Å². The molecule has 1 unspecified atom stereocenters. The van der Waals surface area contributed by atoms with Crippen LogP contribution >= 0.6 is 0 Å². The molecule has 0 bridgehead atoms. The minimum atomic E-state index is -3.71. The Bertz CT molecular complexity index is 566. The van der Waals surface area contributed by atoms with E-state index in [-0.39, 0.29) is 11.5 Å². The molecule has 6 heteroatoms. The number of hydrogen-bond acceptors (Lipinski definition) is 4. The first-order valence-electron chi connectivity index (χ1n) is 6.04. The van der Waals surface area contributed by atoms with Gasteiger partial charge in [-0.2, -0.15) is 4.72 Å². The molecule has 0 aromatic heterocycles. The number of carbonyl (C=O) groups is 1. The van der Waals surface area contributed by atoms with Crippen LogP contribution in [0.1, 0.15) is 25.0 Å². The largest absolute Gasteiger partial charge is 0.465 e. The summed E-state index contributed by atoms with van der Waals surface area (Å²) in [7, 11) is -3.71. The smallest absolute Gasteiger partial charge is 0.323 e. The lowest BCUT2D eigenvalue weighted by Gasteiger charge is -2.13. The highest BCUT2D eigenvalue weighted by Gasteiger charge is 2.22. The van der Waals surface area contributed by atoms with Crippen molar-refractivity contribution in [3.8, 4) is 0 Å². The molecule has 5 nitrogen and oxygen atoms in total. The maximum atomic E-state index is 12.1. The molecule has 1 N–H and O–H groups in total. The zero-order valence-corrected chi connectivity index (χ0v) is 12.4. The van der Waals surface area contributed by atoms with Gasteiger partial charge in [-0.3, -0.25) is 4.79 Å². The molecular weight excluding hydrogens is 266 g/mol. The third-order valence-electron chi connectivity index (χ3n) is 2.76. The Labute approximate surface area is 114 Å². The number of rotatable bonds is 5. The predicted molar refractivity (Wildman–Crippen MR) is 72.3 cm³/mol. The number of ether oxygens (including phenoxy) is 1. The second-order valence-corrected chi connectivity index (χ2v) is 6.06. The van der Waals surface area contributed by atoms with E-state index in [1.54, 1.807) is 19.1 Å². The Hall–Kier alpha value is -1.40. The Kier molecular flexibility index (Phi) is 5.08. The van der Waals surface area contributed by atoms with Gasteiger partial charge in [0.15, 0.2) is 0 Å². The summed E-state index contributed by atoms with van der Waals surface area (Å²) in [6.45, 7) is 7.08. The summed E-state index contributed by atoms with van der Waals surface area (Å²) in [4.78, 5) is 11.6. The molecule has 0 aliphatic carbocycles. The van der Waals surface area contributed by atoms with Gasteiger partial charge in [-0.15, -0.1) is 0 Å². The van der Waals surface area contributed by atoms with E-state index in [9.17, 15) is 13.2 Å². The lowest BCUT2D eigenvalue weighted by molar-refractivity contribution is -0.144. The summed E-state index contributed by atoms with van der Waals surface area (Å²) in [5.74, 6) is -0.588. The maximum Gasteiger partial charge on any atom is 0.323 e. The standard InChI is InChI=1S/C13H19NO4S/c1-5-18-13(15)11(4)14-19(16,17)12-7-6-9(2)10(3)8-12/h6-8,11,14H,5H2,1-4H3. The molecule has 1 rings (SSSR count). The average Bonchev–Trinajstić information content (AvgIpc) is 2.32. The molecule has 0 heterocycles. The van der Waals surface area contributed by atoms with E-state index < -0.39 is 22.0 Å². The van der Waals surface area contributed by atoms with Crippen LogP contribution in [-0.4, -0.2) is 27.0 Å². The van der Waals surface area contributed by atoms with Gasteiger partial charge < -0.3 is 4.74 Å². The summed E-state index contributed by atoms with van der Waals surface area (Å²) in [5, 5.41) is 0. The van der Waals surface area contributed by atoms with Crippen molar-refractivity contribution in [1.29, 1.82) is 0 Å². The molecule has 19 heavy (non-hydrogen) atoms. The van der Waals surface area contributed by atoms with E-state index in [1.807, 2.05) is 13.8 Å². The summed E-state index contributed by atoms with van der Waals surface area (Å²) in [6.07, 6.45) is 0. The van der Waals surface area contributed by atoms with E-state index in [0.717, 1.165) is 11.1 Å². The van der Waals surface area contributed by atoms with Gasteiger partial charge in [-0.05, 0) is 51.0 Å². The third-order valence-corrected chi connectivity index (χ3v) is 4.30. The quantitative estimate of drug-likeness (QED) is 0.833. The molecule has 0 aliphatic rings. The topological polar surface area (TPSA) is 72.5 Å². The van der Waals surface area contributed by atoms with Crippen LogP contribution in [0.2, 0.25) is 0 Å². The second kappa shape index (κ2) is 6.16. The Balaban J connectivity index is 2.92. The van der Waals surface area contributed by atoms with Gasteiger partial charge in [0, 0.05) is 0 Å². The number of carbonyl (C=O) groups excluding carboxylic acids is 1. The molecule has 0 saturated heterocycles. The van der Waals surface area contributed by atoms with Gasteiger partial charge in [0.1, 0.15) is 6.04 Å². The second-order valence-electron chi connectivity index (χ2n) is 4.34. The van der Waals surface area contributed by atoms with E-state index >= 15 is 0 Å². The zero-order chi connectivity index (χ0) is 14.6. The molecule has 0 aliphatic heterocycles. The highest BCUT2D eigenvalue weighted by molar-refractivity contribution is 7.89. The lowest BCUT2D eigenvalue weighted by atomic mass is 10.1. The average molecular weight is 285 g/mol. The predicted octanol–water partition coefficient (Wildman–Crippen LogP) is 1.53. The van der Waals surface area contributed by atoms with Crippen molar-refractivity contribution >= 4 is 16.0 Å². The van der Waals surface area contributed by atoms with E-state index in [4.69, 9.17) is 4.74 Å². The first-order chi connectivity index (χ1) is 8.77. The van der Waals surface area contributed by atoms with Crippen molar-refractivity contribution in [3.63, 3.8) is 0 Å². The minimum absolute atomic E-state index is 0.145. The van der Waals surface area contributed by atoms with E-state index in [0.29, 0.717) is 0 Å². The molecule has 0 saturated carbocycles. The number of nitrogens with one attached hydrogen (secondary N) is 1. The van der Waals surface area contributed by atoms with Crippen LogP contribution in [0.25, 0.3) is 0 Å². The van der Waals surface area contributed by atoms with Crippen LogP contribution in [0.4, 0.5) is 0 Å². The van der Waals surface area contributed by atoms with Gasteiger partial charge in [0.25, 0.3) is 0 Å². The lowest BCUT2D eigenvalue weighted by Crippen LogP contribution is -2.39. The van der Waals surface area contributed by atoms with Crippen LogP contribution in [0.5, 0.6) is 0 Å². The van der Waals surface area contributed by atoms with Gasteiger partial charge in [0.2, 0.25) is 10.0 Å². The fourth-order valence-electron chi connectivity index (χ4n) is 1.50. The number of hydrogen-bond donors (Lipinski definition) is 1. The van der Waals surface area contributed by atoms with Crippen molar-refractivity contribution in [3.05, 3.63) is 29.3 Å². The van der Waals surface area contributed by atoms with Crippen molar-refractivity contribution in [2.75, 3.05) is 6.61 Å². The van der Waals surface area contributed by atoms with Crippen molar-refractivity contribution < 1.29 is 17.9 Å². The third kappa shape index (κ3) is 4.04. The number of esters is 1. The Morgan fingerprint density at radius 1 is 1.32 bits per heavy atom. The molecule has 1 atom stereocenters. The van der Waals surface area contributed by atoms with Crippen LogP contribution in [0.15, 0.2) is 23.1 Å². The molecule has 1 aromatic rings. The number of aryl methyl sites for hydroxylation is 2. The Morgan fingerprint density at radius 2 is 1.95 bits per heavy atom. The molecule has 0 fully saturated rings. The monoisotopic (exact) mass is 285 g/mol. The normalized spacial score (nSPS) is 13.1. The van der Waals surface area contributed by atoms with Crippen molar-refractivity contribution in [2.45, 2.75) is 38.6 Å². The SMILES string of the molecule is CCOC(=O)C(C)NS(=O)(=O)c1ccc(C)c(C)c1. The molecule has 1 aromatic carbocycles. The first kappa shape index (κ1) is 15.7. The summed E-state index contributed by atoms with van der Waals surface area (Å²) in [5.41, 5.74) is 1.89. The van der Waals surface area contributed by atoms with Gasteiger partial charge in [-0.25, -0.2) is 8.42 Å². The fraction of sp³-hybridized carbons (Fsp3) is 0.462. The minimum Gasteiger partial charge on any atom is -0.465 e. The van der Waals surface area contributed by atoms with Crippen LogP contribution in [-0.2, 0) is 19.6 Å². The highest BCUT2D eigenvalue weighted by atomic mass is 32.2. The summed E-state index contributed by atoms with van der Waals surface area (Å²) in [6, 6.07) is 3.92. The van der Waals surface area contributed by atoms with Crippen LogP contribution < -0.4 is 4.72 Å². The maximum absolute atomic E-state index is 12.1. The molecule has 106 valence electrons. The highest BCUT2D eigenvalue weighted by Crippen LogP contribution is 2.15. The summed E-state index contributed by atoms with van der Waals surface area (Å²) < 4.78 is 31.3. The fourth-order valence-corrected chi connectivity index (χ4v) is 2.77. The molecular formula is C13H19NO4S. The van der Waals surface area contributed by atoms with Crippen molar-refractivity contribution in [1.82, 2.24) is 4.72 Å². The van der Waals surface area contributed by atoms with E-state index in [1.165, 1.54) is 13.0 Å². The Morgan fingerprint density at radius 3 is 2.47 bits per heavy atom. The molecule has 0 radical (unpaired) electrons. The van der Waals surface area contributed by atoms with Crippen LogP contribution in [0.3, 0.4) is 0 Å². The summed E-state index contributed by atoms with van der Waals surface area (Å²) >= 11 is 0. The van der Waals surface area contributed by atoms with Gasteiger partial charge in [0.05, 0.1) is 11.5 Å². The first-order valence-corrected chi connectivity index (χ1v) is 7.52. The molecule has 0 spiro atoms. The van der Waals surface area contributed by atoms with Crippen molar-refractivity contribution in [2.24, 2.45) is 0 Å². The zero-order valence-electron chi connectivity index (χ0n) is 11.6.